The van der Waals surface area contributed by atoms with Crippen molar-refractivity contribution in [3.63, 3.8) is 0 Å². The normalized spacial score (nSPS) is 16.2. The third kappa shape index (κ3) is 3.39. The molecule has 0 amide bonds. The third-order valence-electron chi connectivity index (χ3n) is 3.49. The number of rotatable bonds is 8. The number of aromatic nitrogens is 2. The summed E-state index contributed by atoms with van der Waals surface area (Å²) in [7, 11) is -3.51. The molecule has 1 aliphatic carbocycles. The Labute approximate surface area is 120 Å². The molecule has 0 atom stereocenters. The Bertz CT molecular complexity index is 535. The highest BCUT2D eigenvalue weighted by atomic mass is 32.2. The maximum atomic E-state index is 12.6. The van der Waals surface area contributed by atoms with Crippen LogP contribution in [0.25, 0.3) is 0 Å². The van der Waals surface area contributed by atoms with Crippen LogP contribution in [-0.4, -0.2) is 46.6 Å². The summed E-state index contributed by atoms with van der Waals surface area (Å²) in [5, 5.41) is 8.96. The van der Waals surface area contributed by atoms with Crippen LogP contribution >= 0.6 is 0 Å². The molecular formula is C13H23N3O3S. The number of unbranched alkanes of at least 4 members (excludes halogenated alkanes) is 1. The Morgan fingerprint density at radius 2 is 2.15 bits per heavy atom. The summed E-state index contributed by atoms with van der Waals surface area (Å²) in [6, 6.07) is 0.304. The van der Waals surface area contributed by atoms with Crippen LogP contribution in [0.5, 0.6) is 0 Å². The number of hydrogen-bond acceptors (Lipinski definition) is 4. The lowest BCUT2D eigenvalue weighted by Gasteiger charge is -2.20. The Morgan fingerprint density at radius 3 is 2.65 bits per heavy atom. The molecule has 6 nitrogen and oxygen atoms in total. The van der Waals surface area contributed by atoms with Gasteiger partial charge in [0.1, 0.15) is 0 Å². The molecule has 0 radical (unpaired) electrons. The lowest BCUT2D eigenvalue weighted by molar-refractivity contribution is 0.275. The van der Waals surface area contributed by atoms with E-state index in [-0.39, 0.29) is 23.7 Å². The van der Waals surface area contributed by atoms with Gasteiger partial charge in [0.15, 0.2) is 5.03 Å². The Morgan fingerprint density at radius 1 is 1.45 bits per heavy atom. The van der Waals surface area contributed by atoms with Crippen molar-refractivity contribution >= 4 is 10.0 Å². The minimum Gasteiger partial charge on any atom is -0.396 e. The molecule has 1 N–H and O–H groups in total. The van der Waals surface area contributed by atoms with E-state index in [4.69, 9.17) is 5.11 Å². The zero-order valence-corrected chi connectivity index (χ0v) is 12.9. The first-order valence-corrected chi connectivity index (χ1v) is 8.57. The number of aliphatic hydroxyl groups is 1. The number of nitrogens with zero attached hydrogens (tertiary/aromatic N) is 3. The van der Waals surface area contributed by atoms with Crippen molar-refractivity contribution in [3.05, 3.63) is 12.5 Å². The zero-order chi connectivity index (χ0) is 14.8. The number of aliphatic hydroxyl groups excluding tert-OH is 1. The van der Waals surface area contributed by atoms with Crippen LogP contribution in [0.2, 0.25) is 0 Å². The van der Waals surface area contributed by atoms with E-state index in [9.17, 15) is 8.42 Å². The Hall–Kier alpha value is -0.920. The van der Waals surface area contributed by atoms with Crippen molar-refractivity contribution in [1.29, 1.82) is 0 Å². The van der Waals surface area contributed by atoms with Gasteiger partial charge >= 0.3 is 0 Å². The van der Waals surface area contributed by atoms with Gasteiger partial charge in [-0.1, -0.05) is 0 Å². The topological polar surface area (TPSA) is 75.4 Å². The van der Waals surface area contributed by atoms with Gasteiger partial charge in [0, 0.05) is 31.4 Å². The maximum absolute atomic E-state index is 12.6. The van der Waals surface area contributed by atoms with E-state index in [2.05, 4.69) is 4.98 Å². The molecule has 1 aromatic heterocycles. The van der Waals surface area contributed by atoms with Gasteiger partial charge in [-0.2, -0.15) is 4.31 Å². The monoisotopic (exact) mass is 301 g/mol. The molecule has 0 unspecified atom stereocenters. The lowest BCUT2D eigenvalue weighted by Crippen LogP contribution is -2.34. The van der Waals surface area contributed by atoms with E-state index in [0.29, 0.717) is 19.4 Å². The summed E-state index contributed by atoms with van der Waals surface area (Å²) < 4.78 is 28.6. The number of hydrogen-bond donors (Lipinski definition) is 1. The third-order valence-corrected chi connectivity index (χ3v) is 5.33. The zero-order valence-electron chi connectivity index (χ0n) is 12.1. The van der Waals surface area contributed by atoms with E-state index in [1.54, 1.807) is 21.4 Å². The molecular weight excluding hydrogens is 278 g/mol. The van der Waals surface area contributed by atoms with E-state index >= 15 is 0 Å². The summed E-state index contributed by atoms with van der Waals surface area (Å²) >= 11 is 0. The quantitative estimate of drug-likeness (QED) is 0.736. The van der Waals surface area contributed by atoms with Crippen molar-refractivity contribution in [3.8, 4) is 0 Å². The highest BCUT2D eigenvalue weighted by molar-refractivity contribution is 7.89. The van der Waals surface area contributed by atoms with Crippen LogP contribution in [0.1, 0.15) is 45.6 Å². The summed E-state index contributed by atoms with van der Waals surface area (Å²) in [4.78, 5) is 4.05. The highest BCUT2D eigenvalue weighted by Crippen LogP contribution is 2.32. The summed E-state index contributed by atoms with van der Waals surface area (Å²) in [5.74, 6) is 0. The van der Waals surface area contributed by atoms with Gasteiger partial charge in [-0.3, -0.25) is 0 Å². The summed E-state index contributed by atoms with van der Waals surface area (Å²) in [6.45, 7) is 4.53. The molecule has 1 aliphatic rings. The Kier molecular flexibility index (Phi) is 4.82. The predicted molar refractivity (Wildman–Crippen MR) is 75.8 cm³/mol. The van der Waals surface area contributed by atoms with Crippen molar-refractivity contribution in [1.82, 2.24) is 13.9 Å². The second-order valence-corrected chi connectivity index (χ2v) is 7.37. The van der Waals surface area contributed by atoms with Gasteiger partial charge in [-0.25, -0.2) is 13.4 Å². The first-order chi connectivity index (χ1) is 9.46. The van der Waals surface area contributed by atoms with Crippen molar-refractivity contribution in [2.45, 2.75) is 56.6 Å². The minimum absolute atomic E-state index is 0.0977. The molecule has 1 fully saturated rings. The molecule has 1 aromatic rings. The van der Waals surface area contributed by atoms with E-state index in [0.717, 1.165) is 12.8 Å². The fraction of sp³-hybridized carbons (Fsp3) is 0.769. The average Bonchev–Trinajstić information content (AvgIpc) is 3.07. The van der Waals surface area contributed by atoms with Crippen molar-refractivity contribution in [2.24, 2.45) is 0 Å². The van der Waals surface area contributed by atoms with Crippen LogP contribution < -0.4 is 0 Å². The van der Waals surface area contributed by atoms with Gasteiger partial charge in [-0.15, -0.1) is 0 Å². The van der Waals surface area contributed by atoms with Crippen LogP contribution in [0.4, 0.5) is 0 Å². The molecule has 114 valence electrons. The molecule has 20 heavy (non-hydrogen) atoms. The standard InChI is InChI=1S/C13H23N3O3S/c1-11(2)15-9-13(14-10-15)20(18,19)16(12-5-6-12)7-3-4-8-17/h9-12,17H,3-8H2,1-2H3. The molecule has 0 bridgehead atoms. The maximum Gasteiger partial charge on any atom is 0.262 e. The van der Waals surface area contributed by atoms with Gasteiger partial charge in [0.25, 0.3) is 10.0 Å². The van der Waals surface area contributed by atoms with Crippen LogP contribution in [0.3, 0.4) is 0 Å². The molecule has 0 aromatic carbocycles. The lowest BCUT2D eigenvalue weighted by atomic mass is 10.3. The van der Waals surface area contributed by atoms with Gasteiger partial charge in [0.05, 0.1) is 6.33 Å². The van der Waals surface area contributed by atoms with Crippen LogP contribution in [0.15, 0.2) is 17.6 Å². The van der Waals surface area contributed by atoms with E-state index in [1.165, 1.54) is 0 Å². The summed E-state index contributed by atoms with van der Waals surface area (Å²) in [6.07, 6.45) is 6.31. The first-order valence-electron chi connectivity index (χ1n) is 7.13. The van der Waals surface area contributed by atoms with E-state index < -0.39 is 10.0 Å². The minimum atomic E-state index is -3.51. The van der Waals surface area contributed by atoms with Crippen molar-refractivity contribution in [2.75, 3.05) is 13.2 Å². The molecule has 2 rings (SSSR count). The van der Waals surface area contributed by atoms with E-state index in [1.807, 2.05) is 13.8 Å². The molecule has 0 saturated heterocycles. The molecule has 0 aliphatic heterocycles. The molecule has 1 saturated carbocycles. The molecule has 0 spiro atoms. The fourth-order valence-corrected chi connectivity index (χ4v) is 3.74. The number of imidazole rings is 1. The second-order valence-electron chi connectivity index (χ2n) is 5.53. The second kappa shape index (κ2) is 6.24. The van der Waals surface area contributed by atoms with Gasteiger partial charge < -0.3 is 9.67 Å². The van der Waals surface area contributed by atoms with Crippen molar-refractivity contribution < 1.29 is 13.5 Å². The SMILES string of the molecule is CC(C)n1cnc(S(=O)(=O)N(CCCCO)C2CC2)c1. The predicted octanol–water partition coefficient (Wildman–Crippen LogP) is 1.39. The van der Waals surface area contributed by atoms with Gasteiger partial charge in [-0.05, 0) is 39.5 Å². The fourth-order valence-electron chi connectivity index (χ4n) is 2.09. The molecule has 1 heterocycles. The number of sulfonamides is 1. The average molecular weight is 301 g/mol. The molecule has 7 heteroatoms. The highest BCUT2D eigenvalue weighted by Gasteiger charge is 2.38. The van der Waals surface area contributed by atoms with Crippen LogP contribution in [0, 0.1) is 0 Å². The smallest absolute Gasteiger partial charge is 0.262 e. The van der Waals surface area contributed by atoms with Gasteiger partial charge in [0.2, 0.25) is 0 Å². The van der Waals surface area contributed by atoms with Crippen LogP contribution in [-0.2, 0) is 10.0 Å². The Balaban J connectivity index is 2.16. The largest absolute Gasteiger partial charge is 0.396 e. The first kappa shape index (κ1) is 15.5. The summed E-state index contributed by atoms with van der Waals surface area (Å²) in [5.41, 5.74) is 0.